The number of carbonyl (C=O) groups excluding carboxylic acids is 1. The number of allylic oxidation sites excluding steroid dienone is 1. The number of carbonyl (C=O) groups is 1. The second-order valence-electron chi connectivity index (χ2n) is 6.93. The Morgan fingerprint density at radius 3 is 2.67 bits per heavy atom. The first-order valence-corrected chi connectivity index (χ1v) is 9.68. The Hall–Kier alpha value is -0.773. The zero-order chi connectivity index (χ0) is 13.6. The van der Waals surface area contributed by atoms with Crippen LogP contribution in [0.25, 0.3) is 0 Å². The molecule has 0 aromatic rings. The summed E-state index contributed by atoms with van der Waals surface area (Å²) in [5.41, 5.74) is 0. The zero-order valence-corrected chi connectivity index (χ0v) is 13.1. The van der Waals surface area contributed by atoms with E-state index in [1.165, 1.54) is 0 Å². The summed E-state index contributed by atoms with van der Waals surface area (Å²) in [7, 11) is -1.75. The van der Waals surface area contributed by atoms with Crippen molar-refractivity contribution in [2.45, 2.75) is 51.7 Å². The first-order valence-electron chi connectivity index (χ1n) is 6.77. The maximum atomic E-state index is 11.5. The number of esters is 1. The third-order valence-electron chi connectivity index (χ3n) is 4.53. The normalized spacial score (nSPS) is 28.5. The second-order valence-corrected chi connectivity index (χ2v) is 11.7. The molecule has 0 saturated carbocycles. The summed E-state index contributed by atoms with van der Waals surface area (Å²) >= 11 is 0. The van der Waals surface area contributed by atoms with Gasteiger partial charge in [0.1, 0.15) is 0 Å². The molecular formula is C14H24O3Si. The van der Waals surface area contributed by atoms with E-state index in [0.717, 1.165) is 18.6 Å². The molecule has 0 aromatic heterocycles. The molecule has 0 aromatic carbocycles. The third-order valence-corrected chi connectivity index (χ3v) is 8.92. The molecule has 1 fully saturated rings. The first-order chi connectivity index (χ1) is 8.21. The minimum atomic E-state index is -1.75. The Labute approximate surface area is 111 Å². The van der Waals surface area contributed by atoms with Crippen LogP contribution in [0.4, 0.5) is 0 Å². The highest BCUT2D eigenvalue weighted by Crippen LogP contribution is 2.41. The van der Waals surface area contributed by atoms with Gasteiger partial charge in [0, 0.05) is 12.3 Å². The van der Waals surface area contributed by atoms with E-state index in [9.17, 15) is 4.79 Å². The van der Waals surface area contributed by atoms with Crippen molar-refractivity contribution in [3.8, 4) is 0 Å². The summed E-state index contributed by atoms with van der Waals surface area (Å²) in [4.78, 5) is 11.5. The van der Waals surface area contributed by atoms with Crippen molar-refractivity contribution in [1.82, 2.24) is 0 Å². The predicted octanol–water partition coefficient (Wildman–Crippen LogP) is 3.48. The fraction of sp³-hybridized carbons (Fsp3) is 0.786. The van der Waals surface area contributed by atoms with Gasteiger partial charge in [-0.2, -0.15) is 0 Å². The zero-order valence-electron chi connectivity index (χ0n) is 12.1. The fourth-order valence-corrected chi connectivity index (χ4v) is 3.39. The van der Waals surface area contributed by atoms with Gasteiger partial charge >= 0.3 is 5.97 Å². The van der Waals surface area contributed by atoms with E-state index >= 15 is 0 Å². The molecule has 2 rings (SSSR count). The van der Waals surface area contributed by atoms with E-state index in [1.54, 1.807) is 0 Å². The van der Waals surface area contributed by atoms with Crippen LogP contribution in [-0.2, 0) is 14.0 Å². The molecule has 0 amide bonds. The Balaban J connectivity index is 2.08. The number of fused-ring (bicyclic) bond motifs is 1. The van der Waals surface area contributed by atoms with Crippen LogP contribution in [0.2, 0.25) is 18.1 Å². The summed E-state index contributed by atoms with van der Waals surface area (Å²) in [6, 6.07) is 0. The Bertz CT molecular complexity index is 379. The lowest BCUT2D eigenvalue weighted by Gasteiger charge is -2.38. The van der Waals surface area contributed by atoms with Gasteiger partial charge in [-0.15, -0.1) is 0 Å². The highest BCUT2D eigenvalue weighted by molar-refractivity contribution is 6.74. The standard InChI is InChI=1S/C14H24O3Si/c1-14(2,3)18(4,5)17-11-6-7-12-10(8-11)9-16-13(12)15/h8,10,12H,6-7,9H2,1-5H3/t10-,12-/m1/s1. The van der Waals surface area contributed by atoms with Crippen LogP contribution in [-0.4, -0.2) is 20.9 Å². The minimum absolute atomic E-state index is 0.0253. The summed E-state index contributed by atoms with van der Waals surface area (Å²) in [5, 5.41) is 0.215. The van der Waals surface area contributed by atoms with Crippen LogP contribution in [0.1, 0.15) is 33.6 Å². The average Bonchev–Trinajstić information content (AvgIpc) is 2.58. The van der Waals surface area contributed by atoms with Gasteiger partial charge in [-0.25, -0.2) is 0 Å². The fourth-order valence-electron chi connectivity index (χ4n) is 2.26. The van der Waals surface area contributed by atoms with E-state index in [4.69, 9.17) is 9.16 Å². The number of hydrogen-bond donors (Lipinski definition) is 0. The average molecular weight is 268 g/mol. The molecule has 1 saturated heterocycles. The number of ether oxygens (including phenoxy) is 1. The van der Waals surface area contributed by atoms with Crippen molar-refractivity contribution in [2.75, 3.05) is 6.61 Å². The molecule has 2 atom stereocenters. The van der Waals surface area contributed by atoms with Crippen molar-refractivity contribution in [1.29, 1.82) is 0 Å². The minimum Gasteiger partial charge on any atom is -0.547 e. The second kappa shape index (κ2) is 4.40. The van der Waals surface area contributed by atoms with Crippen molar-refractivity contribution >= 4 is 14.3 Å². The molecule has 2 aliphatic rings. The van der Waals surface area contributed by atoms with Gasteiger partial charge in [0.2, 0.25) is 8.32 Å². The molecule has 0 spiro atoms. The summed E-state index contributed by atoms with van der Waals surface area (Å²) in [6.45, 7) is 11.8. The molecule has 1 aliphatic heterocycles. The SMILES string of the molecule is CC(C)(C)[Si](C)(C)OC1=C[C@@H]2COC(=O)[C@@H]2CC1. The van der Waals surface area contributed by atoms with Gasteiger partial charge in [-0.1, -0.05) is 20.8 Å². The van der Waals surface area contributed by atoms with E-state index in [2.05, 4.69) is 39.9 Å². The van der Waals surface area contributed by atoms with Crippen LogP contribution in [0, 0.1) is 11.8 Å². The number of cyclic esters (lactones) is 1. The molecule has 1 aliphatic carbocycles. The van der Waals surface area contributed by atoms with E-state index in [0.29, 0.717) is 6.61 Å². The molecule has 3 nitrogen and oxygen atoms in total. The Morgan fingerprint density at radius 1 is 1.39 bits per heavy atom. The molecular weight excluding hydrogens is 244 g/mol. The lowest BCUT2D eigenvalue weighted by Crippen LogP contribution is -2.41. The first kappa shape index (κ1) is 13.7. The van der Waals surface area contributed by atoms with Gasteiger partial charge in [-0.05, 0) is 30.6 Å². The molecule has 102 valence electrons. The van der Waals surface area contributed by atoms with Crippen molar-refractivity contribution in [3.63, 3.8) is 0 Å². The number of rotatable bonds is 2. The molecule has 1 heterocycles. The number of hydrogen-bond acceptors (Lipinski definition) is 3. The van der Waals surface area contributed by atoms with Gasteiger partial charge in [0.05, 0.1) is 18.3 Å². The molecule has 0 bridgehead atoms. The monoisotopic (exact) mass is 268 g/mol. The van der Waals surface area contributed by atoms with E-state index in [1.807, 2.05) is 0 Å². The van der Waals surface area contributed by atoms with Crippen LogP contribution in [0.15, 0.2) is 11.8 Å². The van der Waals surface area contributed by atoms with Crippen molar-refractivity contribution in [2.24, 2.45) is 11.8 Å². The maximum Gasteiger partial charge on any atom is 0.309 e. The van der Waals surface area contributed by atoms with Crippen LogP contribution in [0.5, 0.6) is 0 Å². The van der Waals surface area contributed by atoms with Gasteiger partial charge in [0.25, 0.3) is 0 Å². The topological polar surface area (TPSA) is 35.5 Å². The summed E-state index contributed by atoms with van der Waals surface area (Å²) < 4.78 is 11.4. The molecule has 0 N–H and O–H groups in total. The maximum absolute atomic E-state index is 11.5. The van der Waals surface area contributed by atoms with E-state index < -0.39 is 8.32 Å². The summed E-state index contributed by atoms with van der Waals surface area (Å²) in [5.74, 6) is 1.38. The largest absolute Gasteiger partial charge is 0.547 e. The molecule has 18 heavy (non-hydrogen) atoms. The van der Waals surface area contributed by atoms with Crippen molar-refractivity contribution < 1.29 is 14.0 Å². The summed E-state index contributed by atoms with van der Waals surface area (Å²) in [6.07, 6.45) is 3.90. The van der Waals surface area contributed by atoms with Crippen LogP contribution < -0.4 is 0 Å². The molecule has 0 radical (unpaired) electrons. The third kappa shape index (κ3) is 2.48. The highest BCUT2D eigenvalue weighted by atomic mass is 28.4. The van der Waals surface area contributed by atoms with Gasteiger partial charge in [-0.3, -0.25) is 4.79 Å². The van der Waals surface area contributed by atoms with Gasteiger partial charge < -0.3 is 9.16 Å². The molecule has 0 unspecified atom stereocenters. The lowest BCUT2D eigenvalue weighted by atomic mass is 9.86. The quantitative estimate of drug-likeness (QED) is 0.568. The van der Waals surface area contributed by atoms with Gasteiger partial charge in [0.15, 0.2) is 0 Å². The Morgan fingerprint density at radius 2 is 2.06 bits per heavy atom. The Kier molecular flexibility index (Phi) is 3.34. The van der Waals surface area contributed by atoms with E-state index in [-0.39, 0.29) is 22.8 Å². The van der Waals surface area contributed by atoms with Crippen LogP contribution >= 0.6 is 0 Å². The molecule has 4 heteroatoms. The smallest absolute Gasteiger partial charge is 0.309 e. The van der Waals surface area contributed by atoms with Crippen LogP contribution in [0.3, 0.4) is 0 Å². The highest BCUT2D eigenvalue weighted by Gasteiger charge is 2.42. The lowest BCUT2D eigenvalue weighted by molar-refractivity contribution is -0.141. The van der Waals surface area contributed by atoms with Crippen molar-refractivity contribution in [3.05, 3.63) is 11.8 Å². The predicted molar refractivity (Wildman–Crippen MR) is 73.5 cm³/mol.